The smallest absolute Gasteiger partial charge is 0.222 e. The Morgan fingerprint density at radius 2 is 1.76 bits per heavy atom. The predicted octanol–water partition coefficient (Wildman–Crippen LogP) is 4.12. The highest BCUT2D eigenvalue weighted by Gasteiger charge is 2.47. The number of nitrogens with zero attached hydrogens (tertiary/aromatic N) is 2. The minimum absolute atomic E-state index is 0.271. The quantitative estimate of drug-likeness (QED) is 0.803. The minimum atomic E-state index is 0.271. The number of hydrogen-bond acceptors (Lipinski definition) is 2. The van der Waals surface area contributed by atoms with Gasteiger partial charge in [-0.15, -0.1) is 0 Å². The maximum Gasteiger partial charge on any atom is 0.222 e. The molecule has 1 amide bonds. The van der Waals surface area contributed by atoms with Crippen molar-refractivity contribution in [3.63, 3.8) is 0 Å². The number of carbonyl (C=O) groups excluding carboxylic acids is 1. The number of rotatable bonds is 5. The van der Waals surface area contributed by atoms with Crippen LogP contribution in [-0.4, -0.2) is 48.4 Å². The van der Waals surface area contributed by atoms with Crippen LogP contribution in [-0.2, 0) is 11.2 Å². The van der Waals surface area contributed by atoms with Gasteiger partial charge in [0.2, 0.25) is 5.91 Å². The van der Waals surface area contributed by atoms with Crippen LogP contribution in [0.15, 0.2) is 30.3 Å². The van der Waals surface area contributed by atoms with Gasteiger partial charge in [0.15, 0.2) is 0 Å². The summed E-state index contributed by atoms with van der Waals surface area (Å²) in [7, 11) is 4.49. The summed E-state index contributed by atoms with van der Waals surface area (Å²) >= 11 is 0. The van der Waals surface area contributed by atoms with Gasteiger partial charge in [-0.05, 0) is 70.0 Å². The molecule has 0 unspecified atom stereocenters. The Morgan fingerprint density at radius 1 is 1.08 bits per heavy atom. The second-order valence-electron chi connectivity index (χ2n) is 8.60. The number of likely N-dealkylation sites (tertiary alicyclic amines) is 1. The van der Waals surface area contributed by atoms with Crippen molar-refractivity contribution in [3.8, 4) is 0 Å². The van der Waals surface area contributed by atoms with E-state index in [1.807, 2.05) is 0 Å². The number of carbonyl (C=O) groups is 1. The Labute approximate surface area is 153 Å². The van der Waals surface area contributed by atoms with Crippen LogP contribution in [0.4, 0.5) is 0 Å². The van der Waals surface area contributed by atoms with Crippen LogP contribution < -0.4 is 0 Å². The molecular formula is C22H34N2O. The molecule has 1 spiro atoms. The molecule has 2 fully saturated rings. The molecule has 3 rings (SSSR count). The summed E-state index contributed by atoms with van der Waals surface area (Å²) in [5.41, 5.74) is 2.10. The summed E-state index contributed by atoms with van der Waals surface area (Å²) in [5, 5.41) is 0. The first-order valence-corrected chi connectivity index (χ1v) is 9.98. The Morgan fingerprint density at radius 3 is 2.36 bits per heavy atom. The molecule has 1 aliphatic heterocycles. The zero-order valence-electron chi connectivity index (χ0n) is 16.3. The maximum atomic E-state index is 12.3. The molecule has 1 heterocycles. The van der Waals surface area contributed by atoms with Gasteiger partial charge in [-0.25, -0.2) is 0 Å². The third-order valence-electron chi connectivity index (χ3n) is 6.82. The van der Waals surface area contributed by atoms with Gasteiger partial charge in [0.25, 0.3) is 0 Å². The highest BCUT2D eigenvalue weighted by atomic mass is 16.2. The van der Waals surface area contributed by atoms with E-state index in [0.29, 0.717) is 17.7 Å². The molecule has 0 atom stereocenters. The Balaban J connectivity index is 1.66. The highest BCUT2D eigenvalue weighted by Crippen LogP contribution is 2.49. The van der Waals surface area contributed by atoms with Crippen LogP contribution in [0.5, 0.6) is 0 Å². The number of benzene rings is 1. The van der Waals surface area contributed by atoms with Gasteiger partial charge in [0.1, 0.15) is 0 Å². The molecule has 1 saturated heterocycles. The fraction of sp³-hybridized carbons (Fsp3) is 0.682. The predicted molar refractivity (Wildman–Crippen MR) is 104 cm³/mol. The molecule has 138 valence electrons. The lowest BCUT2D eigenvalue weighted by molar-refractivity contribution is -0.130. The fourth-order valence-electron chi connectivity index (χ4n) is 4.93. The average Bonchev–Trinajstić information content (AvgIpc) is 3.03. The number of amides is 1. The van der Waals surface area contributed by atoms with Crippen LogP contribution in [0.25, 0.3) is 0 Å². The van der Waals surface area contributed by atoms with Gasteiger partial charge in [-0.1, -0.05) is 37.3 Å². The lowest BCUT2D eigenvalue weighted by atomic mass is 9.65. The standard InChI is InChI=1S/C22H34N2O/c1-4-8-20(25)24-16-15-21(18-24)11-13-22(14-12-21,23(2)3)17-19-9-6-5-7-10-19/h5-7,9-10H,4,8,11-18H2,1-3H3. The van der Waals surface area contributed by atoms with Crippen molar-refractivity contribution in [3.05, 3.63) is 35.9 Å². The summed E-state index contributed by atoms with van der Waals surface area (Å²) in [6.07, 6.45) is 9.01. The summed E-state index contributed by atoms with van der Waals surface area (Å²) in [6, 6.07) is 10.9. The molecule has 0 aromatic heterocycles. The molecule has 1 saturated carbocycles. The van der Waals surface area contributed by atoms with Gasteiger partial charge >= 0.3 is 0 Å². The van der Waals surface area contributed by atoms with Crippen molar-refractivity contribution in [1.29, 1.82) is 0 Å². The first-order chi connectivity index (χ1) is 12.0. The van der Waals surface area contributed by atoms with Gasteiger partial charge in [0.05, 0.1) is 0 Å². The third kappa shape index (κ3) is 3.92. The van der Waals surface area contributed by atoms with Gasteiger partial charge in [0, 0.05) is 25.0 Å². The molecule has 25 heavy (non-hydrogen) atoms. The van der Waals surface area contributed by atoms with Crippen LogP contribution in [0.3, 0.4) is 0 Å². The average molecular weight is 343 g/mol. The zero-order chi connectivity index (χ0) is 17.9. The summed E-state index contributed by atoms with van der Waals surface area (Å²) in [5.74, 6) is 0.369. The van der Waals surface area contributed by atoms with Crippen molar-refractivity contribution in [2.75, 3.05) is 27.2 Å². The largest absolute Gasteiger partial charge is 0.342 e. The Bertz CT molecular complexity index is 573. The number of hydrogen-bond donors (Lipinski definition) is 0. The van der Waals surface area contributed by atoms with Crippen molar-refractivity contribution in [2.24, 2.45) is 5.41 Å². The van der Waals surface area contributed by atoms with Crippen molar-refractivity contribution >= 4 is 5.91 Å². The van der Waals surface area contributed by atoms with E-state index in [1.165, 1.54) is 37.7 Å². The minimum Gasteiger partial charge on any atom is -0.342 e. The van der Waals surface area contributed by atoms with E-state index in [2.05, 4.69) is 61.2 Å². The van der Waals surface area contributed by atoms with Crippen molar-refractivity contribution < 1.29 is 4.79 Å². The van der Waals surface area contributed by atoms with Crippen molar-refractivity contribution in [1.82, 2.24) is 9.80 Å². The SMILES string of the molecule is CCCC(=O)N1CCC2(CCC(Cc3ccccc3)(N(C)C)CC2)C1. The maximum absolute atomic E-state index is 12.3. The summed E-state index contributed by atoms with van der Waals surface area (Å²) in [4.78, 5) is 16.9. The van der Waals surface area contributed by atoms with E-state index in [-0.39, 0.29) is 5.54 Å². The van der Waals surface area contributed by atoms with Crippen LogP contribution >= 0.6 is 0 Å². The highest BCUT2D eigenvalue weighted by molar-refractivity contribution is 5.76. The second-order valence-corrected chi connectivity index (χ2v) is 8.60. The lowest BCUT2D eigenvalue weighted by Gasteiger charge is -2.49. The van der Waals surface area contributed by atoms with Gasteiger partial charge in [-0.2, -0.15) is 0 Å². The van der Waals surface area contributed by atoms with E-state index in [9.17, 15) is 4.79 Å². The van der Waals surface area contributed by atoms with E-state index < -0.39 is 0 Å². The topological polar surface area (TPSA) is 23.6 Å². The Kier molecular flexibility index (Phi) is 5.52. The molecule has 2 aliphatic rings. The second kappa shape index (κ2) is 7.49. The normalized spacial score (nSPS) is 29.5. The van der Waals surface area contributed by atoms with Crippen LogP contribution in [0.2, 0.25) is 0 Å². The molecule has 3 nitrogen and oxygen atoms in total. The van der Waals surface area contributed by atoms with Crippen molar-refractivity contribution in [2.45, 2.75) is 63.8 Å². The molecule has 1 aromatic carbocycles. The van der Waals surface area contributed by atoms with Gasteiger partial charge in [-0.3, -0.25) is 4.79 Å². The molecule has 0 bridgehead atoms. The first kappa shape index (κ1) is 18.4. The molecule has 0 radical (unpaired) electrons. The Hall–Kier alpha value is -1.35. The van der Waals surface area contributed by atoms with E-state index >= 15 is 0 Å². The summed E-state index contributed by atoms with van der Waals surface area (Å²) < 4.78 is 0. The van der Waals surface area contributed by atoms with E-state index in [0.717, 1.165) is 25.9 Å². The first-order valence-electron chi connectivity index (χ1n) is 9.98. The lowest BCUT2D eigenvalue weighted by Crippen LogP contribution is -2.51. The fourth-order valence-corrected chi connectivity index (χ4v) is 4.93. The molecule has 1 aliphatic carbocycles. The molecular weight excluding hydrogens is 308 g/mol. The van der Waals surface area contributed by atoms with Crippen LogP contribution in [0, 0.1) is 5.41 Å². The van der Waals surface area contributed by atoms with E-state index in [4.69, 9.17) is 0 Å². The van der Waals surface area contributed by atoms with Crippen LogP contribution in [0.1, 0.15) is 57.4 Å². The summed E-state index contributed by atoms with van der Waals surface area (Å²) in [6.45, 7) is 4.08. The molecule has 3 heteroatoms. The van der Waals surface area contributed by atoms with Gasteiger partial charge < -0.3 is 9.80 Å². The number of likely N-dealkylation sites (N-methyl/N-ethyl adjacent to an activating group) is 1. The zero-order valence-corrected chi connectivity index (χ0v) is 16.3. The molecule has 0 N–H and O–H groups in total. The van der Waals surface area contributed by atoms with E-state index in [1.54, 1.807) is 0 Å². The molecule has 1 aromatic rings. The monoisotopic (exact) mass is 342 g/mol. The third-order valence-corrected chi connectivity index (χ3v) is 6.82.